The van der Waals surface area contributed by atoms with Gasteiger partial charge in [0.2, 0.25) is 0 Å². The molecule has 1 aliphatic carbocycles. The van der Waals surface area contributed by atoms with Crippen LogP contribution < -0.4 is 10.2 Å². The molecular weight excluding hydrogens is 276 g/mol. The molecule has 1 aliphatic heterocycles. The predicted molar refractivity (Wildman–Crippen MR) is 78.3 cm³/mol. The standard InChI is InChI=1S/C15H15ClN2O2/c1-9(7-17-11-3-4-11)8-18-13-6-10(16)2-5-12(13)14(19)15(18)20/h2,5-6,11,17H,1,3-4,7-8H2. The zero-order chi connectivity index (χ0) is 14.3. The van der Waals surface area contributed by atoms with Crippen LogP contribution in [0, 0.1) is 0 Å². The third-order valence-corrected chi connectivity index (χ3v) is 3.77. The van der Waals surface area contributed by atoms with Gasteiger partial charge in [0.1, 0.15) is 0 Å². The molecule has 1 aromatic carbocycles. The van der Waals surface area contributed by atoms with Gasteiger partial charge in [-0.3, -0.25) is 9.59 Å². The van der Waals surface area contributed by atoms with Gasteiger partial charge >= 0.3 is 0 Å². The number of ketones is 1. The summed E-state index contributed by atoms with van der Waals surface area (Å²) in [5, 5.41) is 3.86. The number of carbonyl (C=O) groups is 2. The highest BCUT2D eigenvalue weighted by molar-refractivity contribution is 6.52. The Kier molecular flexibility index (Phi) is 3.36. The first-order valence-electron chi connectivity index (χ1n) is 6.62. The van der Waals surface area contributed by atoms with Crippen molar-refractivity contribution in [1.82, 2.24) is 5.32 Å². The highest BCUT2D eigenvalue weighted by Crippen LogP contribution is 2.32. The van der Waals surface area contributed by atoms with E-state index in [9.17, 15) is 9.59 Å². The molecule has 20 heavy (non-hydrogen) atoms. The van der Waals surface area contributed by atoms with Gasteiger partial charge in [-0.2, -0.15) is 0 Å². The zero-order valence-electron chi connectivity index (χ0n) is 11.0. The maximum Gasteiger partial charge on any atom is 0.299 e. The Morgan fingerprint density at radius 1 is 1.40 bits per heavy atom. The van der Waals surface area contributed by atoms with Crippen LogP contribution in [0.5, 0.6) is 0 Å². The molecule has 3 rings (SSSR count). The van der Waals surface area contributed by atoms with Crippen molar-refractivity contribution in [3.05, 3.63) is 40.9 Å². The van der Waals surface area contributed by atoms with Crippen molar-refractivity contribution >= 4 is 29.0 Å². The van der Waals surface area contributed by atoms with E-state index in [0.717, 1.165) is 5.57 Å². The molecule has 0 atom stereocenters. The van der Waals surface area contributed by atoms with E-state index in [1.165, 1.54) is 17.7 Å². The van der Waals surface area contributed by atoms with Gasteiger partial charge in [-0.1, -0.05) is 18.2 Å². The number of anilines is 1. The first-order valence-corrected chi connectivity index (χ1v) is 7.00. The summed E-state index contributed by atoms with van der Waals surface area (Å²) in [6.07, 6.45) is 2.40. The second kappa shape index (κ2) is 5.04. The van der Waals surface area contributed by atoms with Gasteiger partial charge in [-0.05, 0) is 36.6 Å². The minimum atomic E-state index is -0.505. The lowest BCUT2D eigenvalue weighted by molar-refractivity contribution is -0.114. The molecule has 1 N–H and O–H groups in total. The number of rotatable bonds is 5. The molecule has 4 nitrogen and oxygen atoms in total. The van der Waals surface area contributed by atoms with E-state index in [0.29, 0.717) is 35.4 Å². The first-order chi connectivity index (χ1) is 9.56. The van der Waals surface area contributed by atoms with Crippen molar-refractivity contribution in [2.24, 2.45) is 0 Å². The van der Waals surface area contributed by atoms with Crippen LogP contribution in [0.15, 0.2) is 30.4 Å². The van der Waals surface area contributed by atoms with Crippen molar-refractivity contribution in [3.8, 4) is 0 Å². The van der Waals surface area contributed by atoms with Gasteiger partial charge in [0.25, 0.3) is 11.7 Å². The maximum atomic E-state index is 12.0. The number of hydrogen-bond donors (Lipinski definition) is 1. The van der Waals surface area contributed by atoms with E-state index in [2.05, 4.69) is 11.9 Å². The van der Waals surface area contributed by atoms with E-state index in [1.807, 2.05) is 0 Å². The summed E-state index contributed by atoms with van der Waals surface area (Å²) >= 11 is 5.95. The molecular formula is C15H15ClN2O2. The van der Waals surface area contributed by atoms with Crippen molar-refractivity contribution in [3.63, 3.8) is 0 Å². The fourth-order valence-electron chi connectivity index (χ4n) is 2.28. The minimum Gasteiger partial charge on any atom is -0.310 e. The lowest BCUT2D eigenvalue weighted by Gasteiger charge is -2.18. The van der Waals surface area contributed by atoms with E-state index >= 15 is 0 Å². The molecule has 0 spiro atoms. The summed E-state index contributed by atoms with van der Waals surface area (Å²) in [4.78, 5) is 25.4. The average Bonchev–Trinajstić information content (AvgIpc) is 3.21. The SMILES string of the molecule is C=C(CNC1CC1)CN1C(=O)C(=O)c2ccc(Cl)cc21. The summed E-state index contributed by atoms with van der Waals surface area (Å²) in [6, 6.07) is 5.47. The summed E-state index contributed by atoms with van der Waals surface area (Å²) in [6.45, 7) is 4.98. The van der Waals surface area contributed by atoms with Crippen LogP contribution in [0.3, 0.4) is 0 Å². The van der Waals surface area contributed by atoms with Gasteiger partial charge in [0, 0.05) is 24.2 Å². The van der Waals surface area contributed by atoms with E-state index in [1.54, 1.807) is 18.2 Å². The van der Waals surface area contributed by atoms with Gasteiger partial charge in [-0.25, -0.2) is 0 Å². The van der Waals surface area contributed by atoms with Crippen LogP contribution in [-0.4, -0.2) is 30.8 Å². The molecule has 0 aromatic heterocycles. The topological polar surface area (TPSA) is 49.4 Å². The third kappa shape index (κ3) is 2.49. The molecule has 1 heterocycles. The van der Waals surface area contributed by atoms with Crippen LogP contribution in [0.25, 0.3) is 0 Å². The van der Waals surface area contributed by atoms with Crippen LogP contribution in [0.1, 0.15) is 23.2 Å². The minimum absolute atomic E-state index is 0.345. The van der Waals surface area contributed by atoms with Gasteiger partial charge in [0.15, 0.2) is 0 Å². The van der Waals surface area contributed by atoms with E-state index < -0.39 is 11.7 Å². The van der Waals surface area contributed by atoms with Crippen LogP contribution >= 0.6 is 11.6 Å². The molecule has 1 fully saturated rings. The Bertz CT molecular complexity index is 608. The van der Waals surface area contributed by atoms with Crippen molar-refractivity contribution in [2.75, 3.05) is 18.0 Å². The number of Topliss-reactive ketones (excluding diaryl/α,β-unsaturated/α-hetero) is 1. The van der Waals surface area contributed by atoms with Gasteiger partial charge in [0.05, 0.1) is 11.3 Å². The fraction of sp³-hybridized carbons (Fsp3) is 0.333. The zero-order valence-corrected chi connectivity index (χ0v) is 11.7. The summed E-state index contributed by atoms with van der Waals surface area (Å²) in [5.74, 6) is -0.977. The molecule has 2 aliphatic rings. The van der Waals surface area contributed by atoms with Crippen molar-refractivity contribution in [2.45, 2.75) is 18.9 Å². The highest BCUT2D eigenvalue weighted by atomic mass is 35.5. The molecule has 0 unspecified atom stereocenters. The number of benzene rings is 1. The Balaban J connectivity index is 1.75. The Hall–Kier alpha value is -1.65. The smallest absolute Gasteiger partial charge is 0.299 e. The molecule has 5 heteroatoms. The fourth-order valence-corrected chi connectivity index (χ4v) is 2.45. The Labute approximate surface area is 122 Å². The second-order valence-corrected chi connectivity index (χ2v) is 5.72. The number of carbonyl (C=O) groups excluding carboxylic acids is 2. The summed E-state index contributed by atoms with van der Waals surface area (Å²) < 4.78 is 0. The van der Waals surface area contributed by atoms with E-state index in [-0.39, 0.29) is 0 Å². The Morgan fingerprint density at radius 2 is 2.15 bits per heavy atom. The van der Waals surface area contributed by atoms with Crippen molar-refractivity contribution < 1.29 is 9.59 Å². The maximum absolute atomic E-state index is 12.0. The third-order valence-electron chi connectivity index (χ3n) is 3.53. The largest absolute Gasteiger partial charge is 0.310 e. The molecule has 0 bridgehead atoms. The van der Waals surface area contributed by atoms with Crippen molar-refractivity contribution in [1.29, 1.82) is 0 Å². The number of amides is 1. The van der Waals surface area contributed by atoms with Gasteiger partial charge < -0.3 is 10.2 Å². The molecule has 1 amide bonds. The Morgan fingerprint density at radius 3 is 2.85 bits per heavy atom. The number of nitrogens with one attached hydrogen (secondary N) is 1. The number of fused-ring (bicyclic) bond motifs is 1. The number of nitrogens with zero attached hydrogens (tertiary/aromatic N) is 1. The molecule has 104 valence electrons. The lowest BCUT2D eigenvalue weighted by Crippen LogP contribution is -2.33. The predicted octanol–water partition coefficient (Wildman–Crippen LogP) is 2.18. The first kappa shape index (κ1) is 13.3. The van der Waals surface area contributed by atoms with Crippen LogP contribution in [-0.2, 0) is 4.79 Å². The summed E-state index contributed by atoms with van der Waals surface area (Å²) in [7, 11) is 0. The average molecular weight is 291 g/mol. The van der Waals surface area contributed by atoms with E-state index in [4.69, 9.17) is 11.6 Å². The number of hydrogen-bond acceptors (Lipinski definition) is 3. The quantitative estimate of drug-likeness (QED) is 0.668. The lowest BCUT2D eigenvalue weighted by atomic mass is 10.1. The molecule has 1 aromatic rings. The normalized spacial score (nSPS) is 17.6. The summed E-state index contributed by atoms with van der Waals surface area (Å²) in [5.41, 5.74) is 1.88. The molecule has 0 radical (unpaired) electrons. The molecule has 1 saturated carbocycles. The van der Waals surface area contributed by atoms with Gasteiger partial charge in [-0.15, -0.1) is 0 Å². The van der Waals surface area contributed by atoms with Crippen LogP contribution in [0.4, 0.5) is 5.69 Å². The van der Waals surface area contributed by atoms with Crippen LogP contribution in [0.2, 0.25) is 5.02 Å². The monoisotopic (exact) mass is 290 g/mol. The number of halogens is 1. The second-order valence-electron chi connectivity index (χ2n) is 5.29. The highest BCUT2D eigenvalue weighted by Gasteiger charge is 2.36. The molecule has 0 saturated heterocycles.